The molecule has 0 fully saturated rings. The first-order chi connectivity index (χ1) is 9.65. The van der Waals surface area contributed by atoms with Crippen molar-refractivity contribution < 1.29 is 9.66 Å². The van der Waals surface area contributed by atoms with E-state index in [0.29, 0.717) is 22.9 Å². The fraction of sp³-hybridized carbons (Fsp3) is 0.0667. The van der Waals surface area contributed by atoms with Gasteiger partial charge in [-0.15, -0.1) is 0 Å². The van der Waals surface area contributed by atoms with Gasteiger partial charge in [-0.1, -0.05) is 48.0 Å². The summed E-state index contributed by atoms with van der Waals surface area (Å²) in [4.78, 5) is 9.78. The van der Waals surface area contributed by atoms with Gasteiger partial charge in [0.2, 0.25) is 6.20 Å². The maximum Gasteiger partial charge on any atom is 0.235 e. The lowest BCUT2D eigenvalue weighted by atomic mass is 10.2. The minimum atomic E-state index is -0.515. The molecule has 0 amide bonds. The van der Waals surface area contributed by atoms with Crippen molar-refractivity contribution in [1.29, 1.82) is 0 Å². The van der Waals surface area contributed by atoms with E-state index in [4.69, 9.17) is 16.3 Å². The largest absolute Gasteiger partial charge is 0.487 e. The summed E-state index contributed by atoms with van der Waals surface area (Å²) in [6.07, 6.45) is 2.27. The zero-order chi connectivity index (χ0) is 14.4. The lowest BCUT2D eigenvalue weighted by Gasteiger charge is -2.08. The van der Waals surface area contributed by atoms with Crippen molar-refractivity contribution in [3.05, 3.63) is 81.0 Å². The van der Waals surface area contributed by atoms with E-state index < -0.39 is 4.92 Å². The summed E-state index contributed by atoms with van der Waals surface area (Å²) < 4.78 is 5.63. The van der Waals surface area contributed by atoms with Gasteiger partial charge in [-0.25, -0.2) is 0 Å². The fourth-order valence-electron chi connectivity index (χ4n) is 1.62. The number of benzene rings is 2. The Balaban J connectivity index is 2.10. The third-order valence-electron chi connectivity index (χ3n) is 2.58. The van der Waals surface area contributed by atoms with Crippen LogP contribution in [0.2, 0.25) is 5.02 Å². The summed E-state index contributed by atoms with van der Waals surface area (Å²) in [6.45, 7) is 0.392. The van der Waals surface area contributed by atoms with Crippen LogP contribution in [0.25, 0.3) is 6.08 Å². The van der Waals surface area contributed by atoms with E-state index in [1.165, 1.54) is 6.08 Å². The highest BCUT2D eigenvalue weighted by atomic mass is 35.5. The van der Waals surface area contributed by atoms with Gasteiger partial charge in [0.1, 0.15) is 12.4 Å². The summed E-state index contributed by atoms with van der Waals surface area (Å²) in [7, 11) is 0. The summed E-state index contributed by atoms with van der Waals surface area (Å²) in [5, 5.41) is 10.8. The van der Waals surface area contributed by atoms with Crippen LogP contribution in [-0.4, -0.2) is 4.92 Å². The Morgan fingerprint density at radius 2 is 1.95 bits per heavy atom. The topological polar surface area (TPSA) is 52.4 Å². The Labute approximate surface area is 121 Å². The minimum Gasteiger partial charge on any atom is -0.487 e. The molecular formula is C15H12ClNO3. The van der Waals surface area contributed by atoms with Gasteiger partial charge in [0.15, 0.2) is 0 Å². The second-order valence-corrected chi connectivity index (χ2v) is 4.47. The lowest BCUT2D eigenvalue weighted by Crippen LogP contribution is -1.96. The zero-order valence-electron chi connectivity index (χ0n) is 10.5. The van der Waals surface area contributed by atoms with Gasteiger partial charge in [-0.05, 0) is 23.3 Å². The number of nitro groups is 1. The first-order valence-corrected chi connectivity index (χ1v) is 6.31. The van der Waals surface area contributed by atoms with Crippen molar-refractivity contribution >= 4 is 17.7 Å². The number of ether oxygens (including phenoxy) is 1. The van der Waals surface area contributed by atoms with E-state index in [0.717, 1.165) is 11.8 Å². The highest BCUT2D eigenvalue weighted by Crippen LogP contribution is 2.27. The number of nitrogens with zero attached hydrogens (tertiary/aromatic N) is 1. The molecule has 20 heavy (non-hydrogen) atoms. The fourth-order valence-corrected chi connectivity index (χ4v) is 1.79. The standard InChI is InChI=1S/C15H12ClNO3/c16-14-7-6-12(8-9-17(18)19)10-15(14)20-11-13-4-2-1-3-5-13/h1-10H,11H2. The van der Waals surface area contributed by atoms with Gasteiger partial charge >= 0.3 is 0 Å². The van der Waals surface area contributed by atoms with Crippen LogP contribution in [0.3, 0.4) is 0 Å². The lowest BCUT2D eigenvalue weighted by molar-refractivity contribution is -0.400. The molecule has 0 heterocycles. The average molecular weight is 290 g/mol. The highest BCUT2D eigenvalue weighted by Gasteiger charge is 2.03. The predicted molar refractivity (Wildman–Crippen MR) is 78.3 cm³/mol. The maximum absolute atomic E-state index is 10.3. The van der Waals surface area contributed by atoms with Gasteiger partial charge < -0.3 is 4.74 Å². The molecule has 0 atom stereocenters. The van der Waals surface area contributed by atoms with Crippen LogP contribution in [0.5, 0.6) is 5.75 Å². The van der Waals surface area contributed by atoms with Crippen molar-refractivity contribution in [2.75, 3.05) is 0 Å². The Morgan fingerprint density at radius 1 is 1.20 bits per heavy atom. The van der Waals surface area contributed by atoms with E-state index in [1.807, 2.05) is 30.3 Å². The number of rotatable bonds is 5. The molecule has 0 aliphatic rings. The molecule has 0 bridgehead atoms. The van der Waals surface area contributed by atoms with Gasteiger partial charge in [-0.2, -0.15) is 0 Å². The summed E-state index contributed by atoms with van der Waals surface area (Å²) >= 11 is 6.04. The van der Waals surface area contributed by atoms with Crippen LogP contribution >= 0.6 is 11.6 Å². The highest BCUT2D eigenvalue weighted by molar-refractivity contribution is 6.32. The first kappa shape index (κ1) is 14.1. The zero-order valence-corrected chi connectivity index (χ0v) is 11.3. The van der Waals surface area contributed by atoms with Crippen LogP contribution in [0, 0.1) is 10.1 Å². The van der Waals surface area contributed by atoms with E-state index in [-0.39, 0.29) is 0 Å². The molecule has 2 rings (SSSR count). The smallest absolute Gasteiger partial charge is 0.235 e. The van der Waals surface area contributed by atoms with Crippen LogP contribution in [0.15, 0.2) is 54.7 Å². The first-order valence-electron chi connectivity index (χ1n) is 5.93. The van der Waals surface area contributed by atoms with Gasteiger partial charge in [0.05, 0.1) is 9.95 Å². The Bertz CT molecular complexity index is 626. The molecule has 0 aromatic heterocycles. The van der Waals surface area contributed by atoms with Crippen LogP contribution < -0.4 is 4.74 Å². The molecule has 4 nitrogen and oxygen atoms in total. The number of halogens is 1. The maximum atomic E-state index is 10.3. The Morgan fingerprint density at radius 3 is 2.65 bits per heavy atom. The molecule has 5 heteroatoms. The van der Waals surface area contributed by atoms with Crippen molar-refractivity contribution in [1.82, 2.24) is 0 Å². The molecule has 0 aliphatic carbocycles. The van der Waals surface area contributed by atoms with Gasteiger partial charge in [0.25, 0.3) is 0 Å². The molecule has 2 aromatic rings. The number of hydrogen-bond acceptors (Lipinski definition) is 3. The van der Waals surface area contributed by atoms with Gasteiger partial charge in [-0.3, -0.25) is 10.1 Å². The normalized spacial score (nSPS) is 10.7. The second-order valence-electron chi connectivity index (χ2n) is 4.07. The third-order valence-corrected chi connectivity index (χ3v) is 2.89. The summed E-state index contributed by atoms with van der Waals surface area (Å²) in [5.74, 6) is 0.501. The molecule has 0 aliphatic heterocycles. The molecule has 0 spiro atoms. The molecule has 0 saturated heterocycles. The molecule has 0 saturated carbocycles. The van der Waals surface area contributed by atoms with Crippen molar-refractivity contribution in [2.45, 2.75) is 6.61 Å². The van der Waals surface area contributed by atoms with E-state index in [9.17, 15) is 10.1 Å². The Kier molecular flexibility index (Phi) is 4.74. The molecule has 0 radical (unpaired) electrons. The van der Waals surface area contributed by atoms with Crippen molar-refractivity contribution in [2.24, 2.45) is 0 Å². The number of hydrogen-bond donors (Lipinski definition) is 0. The SMILES string of the molecule is O=[N+]([O-])C=Cc1ccc(Cl)c(OCc2ccccc2)c1. The molecule has 2 aromatic carbocycles. The van der Waals surface area contributed by atoms with Crippen molar-refractivity contribution in [3.8, 4) is 5.75 Å². The van der Waals surface area contributed by atoms with Crippen LogP contribution in [0.1, 0.15) is 11.1 Å². The monoisotopic (exact) mass is 289 g/mol. The summed E-state index contributed by atoms with van der Waals surface area (Å²) in [6, 6.07) is 14.7. The predicted octanol–water partition coefficient (Wildman–Crippen LogP) is 4.17. The van der Waals surface area contributed by atoms with E-state index >= 15 is 0 Å². The van der Waals surface area contributed by atoms with E-state index in [1.54, 1.807) is 18.2 Å². The second kappa shape index (κ2) is 6.73. The average Bonchev–Trinajstić information content (AvgIpc) is 2.46. The van der Waals surface area contributed by atoms with Crippen molar-refractivity contribution in [3.63, 3.8) is 0 Å². The van der Waals surface area contributed by atoms with Gasteiger partial charge in [0, 0.05) is 6.08 Å². The molecule has 102 valence electrons. The molecule has 0 unspecified atom stereocenters. The van der Waals surface area contributed by atoms with Crippen LogP contribution in [-0.2, 0) is 6.61 Å². The quantitative estimate of drug-likeness (QED) is 0.613. The van der Waals surface area contributed by atoms with E-state index in [2.05, 4.69) is 0 Å². The van der Waals surface area contributed by atoms with Crippen LogP contribution in [0.4, 0.5) is 0 Å². The minimum absolute atomic E-state index is 0.392. The Hall–Kier alpha value is -2.33. The third kappa shape index (κ3) is 4.10. The molecular weight excluding hydrogens is 278 g/mol. The summed E-state index contributed by atoms with van der Waals surface area (Å²) in [5.41, 5.74) is 1.68. The molecule has 0 N–H and O–H groups in total.